The lowest BCUT2D eigenvalue weighted by Gasteiger charge is -2.43. The molecule has 0 N–H and O–H groups in total. The molecule has 0 aliphatic carbocycles. The average Bonchev–Trinajstić information content (AvgIpc) is 2.99. The summed E-state index contributed by atoms with van der Waals surface area (Å²) in [7, 11) is 0. The second-order valence-electron chi connectivity index (χ2n) is 7.42. The quantitative estimate of drug-likeness (QED) is 0.706. The molecule has 3 fully saturated rings. The molecule has 3 saturated heterocycles. The van der Waals surface area contributed by atoms with Crippen LogP contribution in [0.2, 0.25) is 0 Å². The Hall–Kier alpha value is -0.160. The second-order valence-corrected chi connectivity index (χ2v) is 7.42. The summed E-state index contributed by atoms with van der Waals surface area (Å²) >= 11 is 0. The van der Waals surface area contributed by atoms with Crippen molar-refractivity contribution < 1.29 is 14.2 Å². The van der Waals surface area contributed by atoms with Gasteiger partial charge in [-0.3, -0.25) is 4.90 Å². The van der Waals surface area contributed by atoms with Crippen LogP contribution in [0.15, 0.2) is 0 Å². The minimum absolute atomic E-state index is 0.000362. The van der Waals surface area contributed by atoms with E-state index in [9.17, 15) is 0 Å². The molecule has 0 radical (unpaired) electrons. The summed E-state index contributed by atoms with van der Waals surface area (Å²) in [6.07, 6.45) is 9.20. The molecular formula is C18H33NO3. The van der Waals surface area contributed by atoms with Gasteiger partial charge in [-0.1, -0.05) is 19.8 Å². The van der Waals surface area contributed by atoms with Crippen LogP contribution in [0.25, 0.3) is 0 Å². The zero-order valence-electron chi connectivity index (χ0n) is 14.2. The van der Waals surface area contributed by atoms with Gasteiger partial charge in [0.25, 0.3) is 0 Å². The highest BCUT2D eigenvalue weighted by Crippen LogP contribution is 2.31. The Morgan fingerprint density at radius 1 is 1.09 bits per heavy atom. The van der Waals surface area contributed by atoms with Crippen molar-refractivity contribution in [2.45, 2.75) is 63.6 Å². The Kier molecular flexibility index (Phi) is 6.14. The summed E-state index contributed by atoms with van der Waals surface area (Å²) in [5, 5.41) is 0. The van der Waals surface area contributed by atoms with Crippen molar-refractivity contribution in [1.29, 1.82) is 0 Å². The first-order valence-electron chi connectivity index (χ1n) is 9.35. The van der Waals surface area contributed by atoms with Crippen LogP contribution >= 0.6 is 0 Å². The van der Waals surface area contributed by atoms with Crippen LogP contribution in [-0.4, -0.2) is 62.7 Å². The second kappa shape index (κ2) is 8.09. The SMILES string of the molecule is CC[C@H]1CN(CCCCC2CCOCC2)C[C@]2(CCOC2)O1. The van der Waals surface area contributed by atoms with Crippen molar-refractivity contribution >= 4 is 0 Å². The Bertz CT molecular complexity index is 324. The average molecular weight is 311 g/mol. The Morgan fingerprint density at radius 2 is 1.95 bits per heavy atom. The van der Waals surface area contributed by atoms with Gasteiger partial charge in [0.05, 0.1) is 12.7 Å². The topological polar surface area (TPSA) is 30.9 Å². The largest absolute Gasteiger partial charge is 0.381 e. The summed E-state index contributed by atoms with van der Waals surface area (Å²) < 4.78 is 17.4. The van der Waals surface area contributed by atoms with Crippen molar-refractivity contribution in [3.63, 3.8) is 0 Å². The van der Waals surface area contributed by atoms with Crippen molar-refractivity contribution in [2.24, 2.45) is 5.92 Å². The van der Waals surface area contributed by atoms with E-state index in [2.05, 4.69) is 11.8 Å². The summed E-state index contributed by atoms with van der Waals surface area (Å²) in [5.41, 5.74) is -0.000362. The fourth-order valence-corrected chi connectivity index (χ4v) is 4.18. The highest BCUT2D eigenvalue weighted by atomic mass is 16.6. The van der Waals surface area contributed by atoms with Gasteiger partial charge in [0.1, 0.15) is 5.60 Å². The normalized spacial score (nSPS) is 34.5. The minimum atomic E-state index is -0.000362. The van der Waals surface area contributed by atoms with Crippen LogP contribution < -0.4 is 0 Å². The molecule has 3 rings (SSSR count). The minimum Gasteiger partial charge on any atom is -0.381 e. The summed E-state index contributed by atoms with van der Waals surface area (Å²) in [5.74, 6) is 0.913. The molecule has 4 heteroatoms. The van der Waals surface area contributed by atoms with Gasteiger partial charge in [0.15, 0.2) is 0 Å². The van der Waals surface area contributed by atoms with E-state index in [0.717, 1.165) is 58.3 Å². The predicted molar refractivity (Wildman–Crippen MR) is 87.2 cm³/mol. The molecule has 2 atom stereocenters. The van der Waals surface area contributed by atoms with Gasteiger partial charge in [-0.2, -0.15) is 0 Å². The van der Waals surface area contributed by atoms with Gasteiger partial charge in [-0.25, -0.2) is 0 Å². The van der Waals surface area contributed by atoms with Crippen LogP contribution in [0.1, 0.15) is 51.9 Å². The van der Waals surface area contributed by atoms with E-state index in [1.165, 1.54) is 38.6 Å². The van der Waals surface area contributed by atoms with Gasteiger partial charge in [-0.15, -0.1) is 0 Å². The maximum absolute atomic E-state index is 6.34. The monoisotopic (exact) mass is 311 g/mol. The Morgan fingerprint density at radius 3 is 2.68 bits per heavy atom. The number of rotatable bonds is 6. The number of unbranched alkanes of at least 4 members (excludes halogenated alkanes) is 1. The van der Waals surface area contributed by atoms with Crippen molar-refractivity contribution in [2.75, 3.05) is 46.1 Å². The molecule has 0 aromatic carbocycles. The maximum Gasteiger partial charge on any atom is 0.107 e. The smallest absolute Gasteiger partial charge is 0.107 e. The van der Waals surface area contributed by atoms with Crippen LogP contribution in [0.3, 0.4) is 0 Å². The lowest BCUT2D eigenvalue weighted by Crippen LogP contribution is -2.56. The number of hydrogen-bond acceptors (Lipinski definition) is 4. The number of hydrogen-bond donors (Lipinski definition) is 0. The van der Waals surface area contributed by atoms with E-state index in [1.807, 2.05) is 0 Å². The van der Waals surface area contributed by atoms with Gasteiger partial charge >= 0.3 is 0 Å². The van der Waals surface area contributed by atoms with E-state index < -0.39 is 0 Å². The van der Waals surface area contributed by atoms with Crippen molar-refractivity contribution in [3.8, 4) is 0 Å². The molecule has 3 aliphatic heterocycles. The molecule has 128 valence electrons. The molecule has 3 aliphatic rings. The first kappa shape index (κ1) is 16.7. The number of morpholine rings is 1. The molecule has 0 saturated carbocycles. The molecule has 22 heavy (non-hydrogen) atoms. The third-order valence-electron chi connectivity index (χ3n) is 5.59. The van der Waals surface area contributed by atoms with E-state index in [4.69, 9.17) is 14.2 Å². The molecule has 4 nitrogen and oxygen atoms in total. The third kappa shape index (κ3) is 4.44. The first-order valence-corrected chi connectivity index (χ1v) is 9.35. The van der Waals surface area contributed by atoms with Crippen LogP contribution in [0.5, 0.6) is 0 Å². The molecule has 0 aromatic heterocycles. The lowest BCUT2D eigenvalue weighted by atomic mass is 9.94. The Balaban J connectivity index is 1.39. The van der Waals surface area contributed by atoms with Gasteiger partial charge in [-0.05, 0) is 38.1 Å². The Labute approximate surface area is 135 Å². The summed E-state index contributed by atoms with van der Waals surface area (Å²) in [4.78, 5) is 2.64. The van der Waals surface area contributed by atoms with Crippen LogP contribution in [-0.2, 0) is 14.2 Å². The van der Waals surface area contributed by atoms with Crippen molar-refractivity contribution in [3.05, 3.63) is 0 Å². The zero-order valence-corrected chi connectivity index (χ0v) is 14.2. The fraction of sp³-hybridized carbons (Fsp3) is 1.00. The summed E-state index contributed by atoms with van der Waals surface area (Å²) in [6, 6.07) is 0. The van der Waals surface area contributed by atoms with Crippen LogP contribution in [0.4, 0.5) is 0 Å². The van der Waals surface area contributed by atoms with Gasteiger partial charge in [0, 0.05) is 39.3 Å². The highest BCUT2D eigenvalue weighted by molar-refractivity contribution is 4.93. The molecule has 1 spiro atoms. The number of ether oxygens (including phenoxy) is 3. The molecule has 0 amide bonds. The third-order valence-corrected chi connectivity index (χ3v) is 5.59. The fourth-order valence-electron chi connectivity index (χ4n) is 4.18. The molecule has 0 unspecified atom stereocenters. The standard InChI is InChI=1S/C18H33NO3/c1-2-17-13-19(14-18(22-17)8-12-21-15-18)9-4-3-5-16-6-10-20-11-7-16/h16-17H,2-15H2,1H3/t17-,18-/m0/s1. The van der Waals surface area contributed by atoms with E-state index >= 15 is 0 Å². The molecule has 0 bridgehead atoms. The van der Waals surface area contributed by atoms with Crippen LogP contribution in [0, 0.1) is 5.92 Å². The predicted octanol–water partition coefficient (Wildman–Crippen LogP) is 2.85. The van der Waals surface area contributed by atoms with E-state index in [1.54, 1.807) is 0 Å². The highest BCUT2D eigenvalue weighted by Gasteiger charge is 2.43. The lowest BCUT2D eigenvalue weighted by molar-refractivity contribution is -0.154. The molecule has 3 heterocycles. The maximum atomic E-state index is 6.34. The summed E-state index contributed by atoms with van der Waals surface area (Å²) in [6.45, 7) is 9.27. The van der Waals surface area contributed by atoms with Crippen molar-refractivity contribution in [1.82, 2.24) is 4.90 Å². The molecular weight excluding hydrogens is 278 g/mol. The zero-order chi connectivity index (χ0) is 15.3. The first-order chi connectivity index (χ1) is 10.8. The van der Waals surface area contributed by atoms with E-state index in [-0.39, 0.29) is 5.60 Å². The van der Waals surface area contributed by atoms with E-state index in [0.29, 0.717) is 6.10 Å². The van der Waals surface area contributed by atoms with Gasteiger partial charge in [0.2, 0.25) is 0 Å². The number of nitrogens with zero attached hydrogens (tertiary/aromatic N) is 1. The molecule has 0 aromatic rings. The van der Waals surface area contributed by atoms with Gasteiger partial charge < -0.3 is 14.2 Å².